The van der Waals surface area contributed by atoms with E-state index in [9.17, 15) is 92.3 Å². The number of aromatic nitrogens is 20. The Bertz CT molecular complexity index is 7490. The summed E-state index contributed by atoms with van der Waals surface area (Å²) in [5, 5.41) is 79.0. The lowest BCUT2D eigenvalue weighted by molar-refractivity contribution is -0.145. The van der Waals surface area contributed by atoms with Gasteiger partial charge in [-0.1, -0.05) is 116 Å². The number of alkyl halides is 12. The minimum atomic E-state index is -4.83. The Kier molecular flexibility index (Phi) is 33.7. The number of carbonyl (C=O) groups is 4. The Morgan fingerprint density at radius 2 is 0.673 bits per heavy atom. The Morgan fingerprint density at radius 3 is 0.927 bits per heavy atom. The van der Waals surface area contributed by atoms with Gasteiger partial charge in [-0.25, -0.2) is 39.9 Å². The number of halogens is 16. The molecule has 1 aliphatic heterocycles. The van der Waals surface area contributed by atoms with E-state index in [-0.39, 0.29) is 198 Å². The summed E-state index contributed by atoms with van der Waals surface area (Å²) in [6.07, 6.45) is -6.25. The van der Waals surface area contributed by atoms with Gasteiger partial charge in [0.1, 0.15) is 48.1 Å². The molecule has 150 heavy (non-hydrogen) atoms. The van der Waals surface area contributed by atoms with E-state index in [1.165, 1.54) is 114 Å². The number of benzene rings is 4. The van der Waals surface area contributed by atoms with Crippen molar-refractivity contribution in [1.82, 2.24) is 120 Å². The van der Waals surface area contributed by atoms with Crippen molar-refractivity contribution in [3.8, 4) is 135 Å². The number of rotatable bonds is 27. The van der Waals surface area contributed by atoms with Crippen LogP contribution < -0.4 is 16.0 Å². The summed E-state index contributed by atoms with van der Waals surface area (Å²) in [6.45, 7) is 11.2. The second kappa shape index (κ2) is 46.3. The molecule has 16 aromatic rings. The highest BCUT2D eigenvalue weighted by molar-refractivity contribution is 6.38. The molecule has 2 fully saturated rings. The fraction of sp³-hybridized carbons (Fsp3) is 0.299. The van der Waals surface area contributed by atoms with Gasteiger partial charge in [-0.05, 0) is 116 Å². The summed E-state index contributed by atoms with van der Waals surface area (Å²) < 4.78 is 200. The van der Waals surface area contributed by atoms with Crippen LogP contribution in [0.15, 0.2) is 190 Å². The van der Waals surface area contributed by atoms with Crippen LogP contribution in [0.25, 0.3) is 135 Å². The molecule has 7 N–H and O–H groups in total. The smallest absolute Gasteiger partial charge is 0.391 e. The molecule has 12 aromatic heterocycles. The minimum absolute atomic E-state index is 0.0386. The Morgan fingerprint density at radius 1 is 0.393 bits per heavy atom. The van der Waals surface area contributed by atoms with Gasteiger partial charge in [-0.15, -0.1) is 0 Å². The normalized spacial score (nSPS) is 13.8. The largest absolute Gasteiger partial charge is 0.433 e. The quantitative estimate of drug-likeness (QED) is 0.0235. The second-order valence-corrected chi connectivity index (χ2v) is 35.7. The average molecular weight is 2170 g/mol. The lowest BCUT2D eigenvalue weighted by Gasteiger charge is -2.27. The van der Waals surface area contributed by atoms with Gasteiger partial charge in [0.05, 0.1) is 198 Å². The molecular formula is C97H86Cl4F12N24O13. The van der Waals surface area contributed by atoms with Crippen LogP contribution in [0.3, 0.4) is 0 Å². The van der Waals surface area contributed by atoms with E-state index in [4.69, 9.17) is 69.2 Å². The maximum atomic E-state index is 14.2. The molecule has 0 spiro atoms. The van der Waals surface area contributed by atoms with Crippen LogP contribution in [0.1, 0.15) is 132 Å². The number of hydrogen-bond acceptors (Lipinski definition) is 29. The fourth-order valence-electron chi connectivity index (χ4n) is 16.2. The van der Waals surface area contributed by atoms with E-state index in [2.05, 4.69) is 96.8 Å². The molecule has 1 aliphatic carbocycles. The number of amides is 4. The molecule has 18 rings (SSSR count). The van der Waals surface area contributed by atoms with E-state index in [0.717, 1.165) is 44.0 Å². The van der Waals surface area contributed by atoms with Crippen molar-refractivity contribution in [2.45, 2.75) is 155 Å². The van der Waals surface area contributed by atoms with Crippen LogP contribution in [0, 0.1) is 0 Å². The summed E-state index contributed by atoms with van der Waals surface area (Å²) >= 11 is 26.5. The molecule has 0 unspecified atom stereocenters. The number of carbonyl (C=O) groups excluding carboxylic acids is 4. The maximum absolute atomic E-state index is 14.2. The van der Waals surface area contributed by atoms with Gasteiger partial charge < -0.3 is 64.1 Å². The summed E-state index contributed by atoms with van der Waals surface area (Å²) in [6, 6.07) is 24.7. The van der Waals surface area contributed by atoms with Gasteiger partial charge in [0.25, 0.3) is 23.6 Å². The number of nitrogens with zero attached hydrogens (tertiary/aromatic N) is 21. The number of aliphatic hydroxyl groups excluding tert-OH is 4. The fourth-order valence-corrected chi connectivity index (χ4v) is 17.4. The molecular weight excluding hydrogens is 2080 g/mol. The van der Waals surface area contributed by atoms with Crippen molar-refractivity contribution in [3.05, 3.63) is 237 Å². The molecule has 37 nitrogen and oxygen atoms in total. The number of hydrogen-bond donors (Lipinski definition) is 7. The van der Waals surface area contributed by atoms with E-state index in [0.29, 0.717) is 51.6 Å². The number of morpholine rings is 1. The first-order valence-electron chi connectivity index (χ1n) is 45.7. The molecule has 1 saturated heterocycles. The van der Waals surface area contributed by atoms with Crippen LogP contribution >= 0.6 is 46.4 Å². The monoisotopic (exact) mass is 2160 g/mol. The Hall–Kier alpha value is -15.1. The molecule has 2 aliphatic rings. The molecule has 0 radical (unpaired) electrons. The number of aliphatic hydroxyl groups is 4. The highest BCUT2D eigenvalue weighted by atomic mass is 35.5. The lowest BCUT2D eigenvalue weighted by atomic mass is 9.92. The highest BCUT2D eigenvalue weighted by Gasteiger charge is 2.47. The molecule has 784 valence electrons. The van der Waals surface area contributed by atoms with Gasteiger partial charge >= 0.3 is 24.7 Å². The molecule has 4 amide bonds. The summed E-state index contributed by atoms with van der Waals surface area (Å²) in [7, 11) is 0. The van der Waals surface area contributed by atoms with Gasteiger partial charge in [0, 0.05) is 78.8 Å². The summed E-state index contributed by atoms with van der Waals surface area (Å²) in [5.41, 5.74) is -2.62. The van der Waals surface area contributed by atoms with Gasteiger partial charge in [0.2, 0.25) is 0 Å². The minimum Gasteiger partial charge on any atom is -0.391 e. The lowest BCUT2D eigenvalue weighted by Crippen LogP contribution is -2.40. The zero-order valence-corrected chi connectivity index (χ0v) is 82.5. The van der Waals surface area contributed by atoms with Crippen LogP contribution in [-0.4, -0.2) is 218 Å². The van der Waals surface area contributed by atoms with E-state index < -0.39 is 113 Å². The van der Waals surface area contributed by atoms with Gasteiger partial charge in [-0.2, -0.15) is 73.1 Å². The Labute approximate surface area is 861 Å². The molecule has 4 atom stereocenters. The maximum Gasteiger partial charge on any atom is 0.433 e. The van der Waals surface area contributed by atoms with Crippen LogP contribution in [-0.2, 0) is 55.6 Å². The first-order chi connectivity index (χ1) is 71.4. The van der Waals surface area contributed by atoms with Crippen molar-refractivity contribution in [1.29, 1.82) is 0 Å². The SMILES string of the molecule is CC(C)NC(=O)c1cccc(-c2noc(-c3cnn(C[C@@H](C)O)c3C(F)(F)F)c2-c2ccncn2)c1Cl.CCNC(=O)c1cccc(-c2noc(-c3cnn(C[C@@H](C)O)c3C(F)(F)F)c2-c2ccncn2)c1Cl.C[C@@H](O)Cn1ncc(-c2onc(-c3cccc(C(=O)N4CCOCC4)c3Cl)c2-c2ccncn2)c1C(F)(F)F.C[C@@H](O)Cn1ncc(-c2onc(-c3cccc(C(=O)NC4CCC4)c3Cl)c2-c2ccncn2)c1C(F)(F)F. The van der Waals surface area contributed by atoms with E-state index in [1.54, 1.807) is 86.3 Å². The van der Waals surface area contributed by atoms with Crippen molar-refractivity contribution in [2.24, 2.45) is 0 Å². The zero-order valence-electron chi connectivity index (χ0n) is 79.5. The first kappa shape index (κ1) is 109. The molecule has 53 heteroatoms. The van der Waals surface area contributed by atoms with Crippen molar-refractivity contribution < 1.29 is 115 Å². The van der Waals surface area contributed by atoms with Crippen molar-refractivity contribution >= 4 is 70.0 Å². The van der Waals surface area contributed by atoms with Gasteiger partial charge in [0.15, 0.2) is 45.8 Å². The molecule has 4 aromatic carbocycles. The van der Waals surface area contributed by atoms with Crippen LogP contribution in [0.2, 0.25) is 20.1 Å². The topological polar surface area (TPSA) is 476 Å². The third-order valence-corrected chi connectivity index (χ3v) is 24.4. The van der Waals surface area contributed by atoms with Crippen LogP contribution in [0.4, 0.5) is 52.7 Å². The first-order valence-corrected chi connectivity index (χ1v) is 47.2. The highest BCUT2D eigenvalue weighted by Crippen LogP contribution is 2.53. The van der Waals surface area contributed by atoms with E-state index in [1.807, 2.05) is 0 Å². The third-order valence-electron chi connectivity index (χ3n) is 22.8. The van der Waals surface area contributed by atoms with Crippen molar-refractivity contribution in [2.75, 3.05) is 32.8 Å². The third kappa shape index (κ3) is 24.1. The zero-order chi connectivity index (χ0) is 108. The predicted molar refractivity (Wildman–Crippen MR) is 516 cm³/mol. The number of ether oxygens (including phenoxy) is 1. The summed E-state index contributed by atoms with van der Waals surface area (Å²) in [5.74, 6) is -2.53. The molecule has 13 heterocycles. The molecule has 0 bridgehead atoms. The Balaban J connectivity index is 0.000000149. The average Bonchev–Trinajstić information content (AvgIpc) is 1.61. The standard InChI is InChI=1S/C25H22ClF3N6O4.C25H22ClF3N6O3.C24H22ClF3N6O3.C23H20ClF3N6O3/c1-14(36)12-35-23(25(27,28)29)17(11-32-35)22-19(18-5-6-30-13-31-18)21(33-39-22)15-3-2-4-16(20(15)26)24(37)34-7-9-38-10-8-34;1-13(36)11-35-23(25(27,28)29)17(10-32-35)22-19(18-8-9-30-12-31-18)21(34-38-22)15-6-3-7-16(20(15)26)24(37)33-14-4-2-5-14;1-12(2)32-23(36)15-6-4-5-14(19(15)25)20-18(17-7-8-29-11-30-17)21(37-33-20)16-9-31-34(10-13(3)35)22(16)24(26,27)28;1-3-29-22(35)14-6-4-5-13(18(14)24)19-17(16-7-8-28-11-30-16)20(36-32-19)15-9-31-33(10-12(2)34)21(15)23(25,26)27/h2-6,11,13-14,36H,7-10,12H2,1H3;3,6-10,12-14,36H,2,4-5,11H2,1H3,(H,33,37);4-9,11-13,35H,10H2,1-3H3,(H,32,36);4-9,11-12,34H,3,10H2,1-2H3,(H,29,35)/t14-;2*13-;12-/m1111/s1. The predicted octanol–water partition coefficient (Wildman–Crippen LogP) is 18.5. The molecule has 1 saturated carbocycles. The summed E-state index contributed by atoms with van der Waals surface area (Å²) in [4.78, 5) is 85.1. The number of nitrogens with one attached hydrogen (secondary N) is 3. The van der Waals surface area contributed by atoms with E-state index >= 15 is 0 Å². The van der Waals surface area contributed by atoms with Gasteiger partial charge in [-0.3, -0.25) is 37.9 Å². The second-order valence-electron chi connectivity index (χ2n) is 34.2. The van der Waals surface area contributed by atoms with Crippen LogP contribution in [0.5, 0.6) is 0 Å². The van der Waals surface area contributed by atoms with Crippen molar-refractivity contribution in [3.63, 3.8) is 0 Å².